The summed E-state index contributed by atoms with van der Waals surface area (Å²) in [5.74, 6) is -0.597. The molecule has 17 heavy (non-hydrogen) atoms. The lowest BCUT2D eigenvalue weighted by molar-refractivity contribution is 0.220. The molecule has 0 bridgehead atoms. The molecule has 0 aliphatic rings. The molecule has 0 saturated carbocycles. The number of aliphatic hydroxyl groups is 1. The first-order valence-electron chi connectivity index (χ1n) is 4.97. The minimum Gasteiger partial charge on any atom is -0.384 e. The molecule has 1 unspecified atom stereocenters. The van der Waals surface area contributed by atoms with Crippen LogP contribution in [0.1, 0.15) is 17.2 Å². The van der Waals surface area contributed by atoms with Crippen molar-refractivity contribution in [3.63, 3.8) is 0 Å². The smallest absolute Gasteiger partial charge is 0.143 e. The van der Waals surface area contributed by atoms with Crippen molar-refractivity contribution in [3.8, 4) is 0 Å². The van der Waals surface area contributed by atoms with Gasteiger partial charge in [-0.2, -0.15) is 0 Å². The Labute approximate surface area is 108 Å². The molecule has 2 aromatic carbocycles. The summed E-state index contributed by atoms with van der Waals surface area (Å²) in [6.07, 6.45) is -0.915. The van der Waals surface area contributed by atoms with Crippen LogP contribution >= 0.6 is 23.2 Å². The molecule has 88 valence electrons. The lowest BCUT2D eigenvalue weighted by Gasteiger charge is -2.13. The molecule has 0 fully saturated rings. The Balaban J connectivity index is 2.44. The van der Waals surface area contributed by atoms with E-state index in [0.717, 1.165) is 6.07 Å². The van der Waals surface area contributed by atoms with Gasteiger partial charge in [-0.25, -0.2) is 4.39 Å². The number of hydrogen-bond acceptors (Lipinski definition) is 1. The van der Waals surface area contributed by atoms with Gasteiger partial charge in [0.05, 0.1) is 5.02 Å². The zero-order valence-electron chi connectivity index (χ0n) is 8.70. The van der Waals surface area contributed by atoms with Gasteiger partial charge in [0.25, 0.3) is 0 Å². The van der Waals surface area contributed by atoms with Gasteiger partial charge in [0.1, 0.15) is 11.9 Å². The molecule has 1 N–H and O–H groups in total. The van der Waals surface area contributed by atoms with Crippen molar-refractivity contribution in [3.05, 3.63) is 69.5 Å². The average molecular weight is 271 g/mol. The topological polar surface area (TPSA) is 20.2 Å². The fraction of sp³-hybridized carbons (Fsp3) is 0.0769. The Kier molecular flexibility index (Phi) is 3.67. The van der Waals surface area contributed by atoms with Gasteiger partial charge in [-0.05, 0) is 17.7 Å². The maximum Gasteiger partial charge on any atom is 0.143 e. The zero-order valence-corrected chi connectivity index (χ0v) is 10.2. The molecule has 0 saturated heterocycles. The summed E-state index contributed by atoms with van der Waals surface area (Å²) in [5, 5.41) is 10.2. The normalized spacial score (nSPS) is 12.5. The molecule has 4 heteroatoms. The number of aliphatic hydroxyl groups excluding tert-OH is 1. The second-order valence-electron chi connectivity index (χ2n) is 3.60. The van der Waals surface area contributed by atoms with E-state index in [1.807, 2.05) is 6.07 Å². The van der Waals surface area contributed by atoms with Gasteiger partial charge in [-0.3, -0.25) is 0 Å². The van der Waals surface area contributed by atoms with Crippen LogP contribution in [0.15, 0.2) is 42.5 Å². The molecular formula is C13H9Cl2FO. The summed E-state index contributed by atoms with van der Waals surface area (Å²) in [6, 6.07) is 11.4. The molecule has 0 aromatic heterocycles. The highest BCUT2D eigenvalue weighted by atomic mass is 35.5. The quantitative estimate of drug-likeness (QED) is 0.811. The van der Waals surface area contributed by atoms with Crippen molar-refractivity contribution in [2.45, 2.75) is 6.10 Å². The number of rotatable bonds is 2. The first kappa shape index (κ1) is 12.4. The minimum atomic E-state index is -0.915. The van der Waals surface area contributed by atoms with Gasteiger partial charge >= 0.3 is 0 Å². The predicted molar refractivity (Wildman–Crippen MR) is 66.9 cm³/mol. The summed E-state index contributed by atoms with van der Waals surface area (Å²) in [5.41, 5.74) is 1.07. The fourth-order valence-corrected chi connectivity index (χ4v) is 1.99. The molecule has 0 heterocycles. The van der Waals surface area contributed by atoms with E-state index in [1.54, 1.807) is 24.3 Å². The molecule has 2 rings (SSSR count). The van der Waals surface area contributed by atoms with E-state index in [9.17, 15) is 9.50 Å². The highest BCUT2D eigenvalue weighted by Gasteiger charge is 2.16. The van der Waals surface area contributed by atoms with Crippen molar-refractivity contribution < 1.29 is 9.50 Å². The van der Waals surface area contributed by atoms with Crippen LogP contribution in [0.2, 0.25) is 10.0 Å². The van der Waals surface area contributed by atoms with Crippen LogP contribution in [-0.2, 0) is 0 Å². The molecule has 0 aliphatic heterocycles. The zero-order chi connectivity index (χ0) is 12.4. The molecule has 0 spiro atoms. The third kappa shape index (κ3) is 2.60. The van der Waals surface area contributed by atoms with Crippen molar-refractivity contribution in [2.75, 3.05) is 0 Å². The number of hydrogen-bond donors (Lipinski definition) is 1. The Hall–Kier alpha value is -1.09. The van der Waals surface area contributed by atoms with E-state index >= 15 is 0 Å². The van der Waals surface area contributed by atoms with Crippen LogP contribution in [0, 0.1) is 5.82 Å². The van der Waals surface area contributed by atoms with E-state index in [4.69, 9.17) is 23.2 Å². The Morgan fingerprint density at radius 1 is 1.00 bits per heavy atom. The van der Waals surface area contributed by atoms with Crippen molar-refractivity contribution in [1.29, 1.82) is 0 Å². The lowest BCUT2D eigenvalue weighted by atomic mass is 10.0. The molecule has 1 atom stereocenters. The lowest BCUT2D eigenvalue weighted by Crippen LogP contribution is -2.01. The highest BCUT2D eigenvalue weighted by molar-refractivity contribution is 6.33. The fourth-order valence-electron chi connectivity index (χ4n) is 1.56. The standard InChI is InChI=1S/C13H9Cl2FO/c14-10-7-12(16)11(15)6-9(10)13(17)8-4-2-1-3-5-8/h1-7,13,17H. The summed E-state index contributed by atoms with van der Waals surface area (Å²) in [7, 11) is 0. The van der Waals surface area contributed by atoms with Crippen LogP contribution in [0.25, 0.3) is 0 Å². The van der Waals surface area contributed by atoms with Gasteiger partial charge in [0.2, 0.25) is 0 Å². The first-order chi connectivity index (χ1) is 8.09. The van der Waals surface area contributed by atoms with E-state index in [1.165, 1.54) is 6.07 Å². The molecule has 1 nitrogen and oxygen atoms in total. The van der Waals surface area contributed by atoms with Crippen LogP contribution in [0.5, 0.6) is 0 Å². The molecular weight excluding hydrogens is 262 g/mol. The monoisotopic (exact) mass is 270 g/mol. The Morgan fingerprint density at radius 2 is 1.65 bits per heavy atom. The largest absolute Gasteiger partial charge is 0.384 e. The summed E-state index contributed by atoms with van der Waals surface area (Å²) in [6.45, 7) is 0. The van der Waals surface area contributed by atoms with E-state index in [2.05, 4.69) is 0 Å². The number of benzene rings is 2. The maximum atomic E-state index is 13.1. The number of halogens is 3. The maximum absolute atomic E-state index is 13.1. The summed E-state index contributed by atoms with van der Waals surface area (Å²) >= 11 is 11.6. The van der Waals surface area contributed by atoms with Gasteiger partial charge in [0.15, 0.2) is 0 Å². The Bertz CT molecular complexity index is 528. The van der Waals surface area contributed by atoms with Gasteiger partial charge in [-0.1, -0.05) is 53.5 Å². The van der Waals surface area contributed by atoms with Crippen molar-refractivity contribution in [2.24, 2.45) is 0 Å². The van der Waals surface area contributed by atoms with Gasteiger partial charge in [-0.15, -0.1) is 0 Å². The molecule has 0 aliphatic carbocycles. The van der Waals surface area contributed by atoms with Gasteiger partial charge < -0.3 is 5.11 Å². The molecule has 2 aromatic rings. The van der Waals surface area contributed by atoms with Gasteiger partial charge in [0, 0.05) is 10.6 Å². The highest BCUT2D eigenvalue weighted by Crippen LogP contribution is 2.31. The third-order valence-corrected chi connectivity index (χ3v) is 3.07. The summed E-state index contributed by atoms with van der Waals surface area (Å²) in [4.78, 5) is 0. The van der Waals surface area contributed by atoms with Crippen LogP contribution < -0.4 is 0 Å². The van der Waals surface area contributed by atoms with E-state index in [0.29, 0.717) is 11.1 Å². The van der Waals surface area contributed by atoms with E-state index < -0.39 is 11.9 Å². The van der Waals surface area contributed by atoms with E-state index in [-0.39, 0.29) is 10.0 Å². The second kappa shape index (κ2) is 5.05. The Morgan fingerprint density at radius 3 is 2.29 bits per heavy atom. The first-order valence-corrected chi connectivity index (χ1v) is 5.72. The van der Waals surface area contributed by atoms with Crippen molar-refractivity contribution in [1.82, 2.24) is 0 Å². The predicted octanol–water partition coefficient (Wildman–Crippen LogP) is 4.21. The molecule has 0 radical (unpaired) electrons. The average Bonchev–Trinajstić information content (AvgIpc) is 2.34. The summed E-state index contributed by atoms with van der Waals surface area (Å²) < 4.78 is 13.1. The third-order valence-electron chi connectivity index (χ3n) is 2.45. The van der Waals surface area contributed by atoms with Crippen LogP contribution in [0.4, 0.5) is 4.39 Å². The minimum absolute atomic E-state index is 0.0561. The van der Waals surface area contributed by atoms with Crippen LogP contribution in [-0.4, -0.2) is 5.11 Å². The van der Waals surface area contributed by atoms with Crippen LogP contribution in [0.3, 0.4) is 0 Å². The second-order valence-corrected chi connectivity index (χ2v) is 4.42. The molecule has 0 amide bonds. The SMILES string of the molecule is OC(c1ccccc1)c1cc(Cl)c(F)cc1Cl. The van der Waals surface area contributed by atoms with Crippen molar-refractivity contribution >= 4 is 23.2 Å².